The maximum atomic E-state index is 13.2. The van der Waals surface area contributed by atoms with Gasteiger partial charge in [-0.1, -0.05) is 24.3 Å². The lowest BCUT2D eigenvalue weighted by atomic mass is 10.1. The molecular weight excluding hydrogens is 269 g/mol. The molecule has 0 atom stereocenters. The van der Waals surface area contributed by atoms with Gasteiger partial charge in [-0.15, -0.1) is 0 Å². The zero-order valence-electron chi connectivity index (χ0n) is 11.2. The number of hydrogen-bond acceptors (Lipinski definition) is 3. The SMILES string of the molecule is Oc1c(F)cccc1CNc1ccc(-c2cnc[nH]2)cc1. The summed E-state index contributed by atoms with van der Waals surface area (Å²) in [6.45, 7) is 0.354. The molecule has 0 bridgehead atoms. The Labute approximate surface area is 121 Å². The van der Waals surface area contributed by atoms with Crippen molar-refractivity contribution in [2.45, 2.75) is 6.54 Å². The van der Waals surface area contributed by atoms with Crippen molar-refractivity contribution in [3.05, 3.63) is 66.4 Å². The van der Waals surface area contributed by atoms with Gasteiger partial charge in [0.05, 0.1) is 18.2 Å². The molecule has 0 aliphatic heterocycles. The lowest BCUT2D eigenvalue weighted by molar-refractivity contribution is 0.427. The van der Waals surface area contributed by atoms with E-state index in [1.165, 1.54) is 6.07 Å². The molecule has 0 spiro atoms. The molecule has 0 aliphatic carbocycles. The quantitative estimate of drug-likeness (QED) is 0.686. The van der Waals surface area contributed by atoms with Gasteiger partial charge in [-0.3, -0.25) is 0 Å². The van der Waals surface area contributed by atoms with Gasteiger partial charge < -0.3 is 15.4 Å². The van der Waals surface area contributed by atoms with Gasteiger partial charge in [-0.25, -0.2) is 9.37 Å². The van der Waals surface area contributed by atoms with Crippen molar-refractivity contribution in [2.75, 3.05) is 5.32 Å². The van der Waals surface area contributed by atoms with Crippen LogP contribution >= 0.6 is 0 Å². The molecule has 1 aromatic heterocycles. The molecule has 2 aromatic carbocycles. The van der Waals surface area contributed by atoms with E-state index in [-0.39, 0.29) is 5.75 Å². The zero-order chi connectivity index (χ0) is 14.7. The van der Waals surface area contributed by atoms with E-state index in [1.54, 1.807) is 24.7 Å². The van der Waals surface area contributed by atoms with Gasteiger partial charge in [0, 0.05) is 17.8 Å². The van der Waals surface area contributed by atoms with Crippen LogP contribution in [-0.2, 0) is 6.54 Å². The second kappa shape index (κ2) is 5.66. The number of hydrogen-bond donors (Lipinski definition) is 3. The van der Waals surface area contributed by atoms with Crippen molar-refractivity contribution < 1.29 is 9.50 Å². The van der Waals surface area contributed by atoms with Crippen LogP contribution in [-0.4, -0.2) is 15.1 Å². The number of nitrogens with one attached hydrogen (secondary N) is 2. The van der Waals surface area contributed by atoms with Gasteiger partial charge in [-0.05, 0) is 23.8 Å². The predicted molar refractivity (Wildman–Crippen MR) is 79.4 cm³/mol. The third-order valence-electron chi connectivity index (χ3n) is 3.25. The topological polar surface area (TPSA) is 60.9 Å². The Balaban J connectivity index is 1.70. The molecule has 21 heavy (non-hydrogen) atoms. The van der Waals surface area contributed by atoms with Gasteiger partial charge in [0.25, 0.3) is 0 Å². The highest BCUT2D eigenvalue weighted by molar-refractivity contribution is 5.62. The number of nitrogens with zero attached hydrogens (tertiary/aromatic N) is 1. The number of H-pyrrole nitrogens is 1. The van der Waals surface area contributed by atoms with E-state index in [0.29, 0.717) is 12.1 Å². The maximum absolute atomic E-state index is 13.2. The fourth-order valence-corrected chi connectivity index (χ4v) is 2.08. The molecule has 0 fully saturated rings. The van der Waals surface area contributed by atoms with Gasteiger partial charge in [-0.2, -0.15) is 0 Å². The van der Waals surface area contributed by atoms with Crippen molar-refractivity contribution in [1.82, 2.24) is 9.97 Å². The Bertz CT molecular complexity index is 724. The minimum absolute atomic E-state index is 0.306. The normalized spacial score (nSPS) is 10.5. The van der Waals surface area contributed by atoms with Crippen molar-refractivity contribution >= 4 is 5.69 Å². The Morgan fingerprint density at radius 2 is 1.95 bits per heavy atom. The zero-order valence-corrected chi connectivity index (χ0v) is 11.2. The minimum Gasteiger partial charge on any atom is -0.505 e. The number of benzene rings is 2. The highest BCUT2D eigenvalue weighted by atomic mass is 19.1. The molecule has 0 radical (unpaired) electrons. The maximum Gasteiger partial charge on any atom is 0.165 e. The predicted octanol–water partition coefficient (Wildman–Crippen LogP) is 3.53. The van der Waals surface area contributed by atoms with Crippen LogP contribution in [0.4, 0.5) is 10.1 Å². The van der Waals surface area contributed by atoms with Crippen LogP contribution in [0.2, 0.25) is 0 Å². The van der Waals surface area contributed by atoms with Crippen molar-refractivity contribution in [1.29, 1.82) is 0 Å². The van der Waals surface area contributed by atoms with E-state index >= 15 is 0 Å². The fourth-order valence-electron chi connectivity index (χ4n) is 2.08. The second-order valence-corrected chi connectivity index (χ2v) is 4.64. The van der Waals surface area contributed by atoms with Gasteiger partial charge in [0.15, 0.2) is 11.6 Å². The summed E-state index contributed by atoms with van der Waals surface area (Å²) in [4.78, 5) is 7.02. The summed E-state index contributed by atoms with van der Waals surface area (Å²) in [5.74, 6) is -0.914. The van der Waals surface area contributed by atoms with E-state index in [1.807, 2.05) is 24.3 Å². The largest absolute Gasteiger partial charge is 0.505 e. The van der Waals surface area contributed by atoms with Crippen LogP contribution in [0.1, 0.15) is 5.56 Å². The van der Waals surface area contributed by atoms with Crippen LogP contribution < -0.4 is 5.32 Å². The molecule has 106 valence electrons. The highest BCUT2D eigenvalue weighted by Gasteiger charge is 2.06. The third-order valence-corrected chi connectivity index (χ3v) is 3.25. The number of halogens is 1. The van der Waals surface area contributed by atoms with E-state index < -0.39 is 5.82 Å². The number of aromatic nitrogens is 2. The van der Waals surface area contributed by atoms with E-state index in [9.17, 15) is 9.50 Å². The molecule has 0 aliphatic rings. The lowest BCUT2D eigenvalue weighted by Crippen LogP contribution is -2.00. The van der Waals surface area contributed by atoms with Gasteiger partial charge in [0.2, 0.25) is 0 Å². The molecule has 3 aromatic rings. The number of aromatic amines is 1. The Morgan fingerprint density at radius 1 is 1.14 bits per heavy atom. The molecular formula is C16H14FN3O. The molecule has 1 heterocycles. The summed E-state index contributed by atoms with van der Waals surface area (Å²) in [5, 5.41) is 12.8. The highest BCUT2D eigenvalue weighted by Crippen LogP contribution is 2.23. The van der Waals surface area contributed by atoms with Crippen molar-refractivity contribution in [3.63, 3.8) is 0 Å². The molecule has 0 amide bonds. The summed E-state index contributed by atoms with van der Waals surface area (Å²) in [5.41, 5.74) is 3.39. The second-order valence-electron chi connectivity index (χ2n) is 4.64. The Kier molecular flexibility index (Phi) is 3.55. The first-order chi connectivity index (χ1) is 10.2. The number of aromatic hydroxyl groups is 1. The summed E-state index contributed by atoms with van der Waals surface area (Å²) < 4.78 is 13.2. The number of rotatable bonds is 4. The fraction of sp³-hybridized carbons (Fsp3) is 0.0625. The van der Waals surface area contributed by atoms with E-state index in [4.69, 9.17) is 0 Å². The molecule has 3 rings (SSSR count). The summed E-state index contributed by atoms with van der Waals surface area (Å²) in [6.07, 6.45) is 3.39. The average Bonchev–Trinajstić information content (AvgIpc) is 3.04. The molecule has 0 unspecified atom stereocenters. The number of para-hydroxylation sites is 1. The summed E-state index contributed by atoms with van der Waals surface area (Å²) in [7, 11) is 0. The van der Waals surface area contributed by atoms with Gasteiger partial charge >= 0.3 is 0 Å². The first-order valence-corrected chi connectivity index (χ1v) is 6.53. The standard InChI is InChI=1S/C16H14FN3O/c17-14-3-1-2-12(16(14)21)8-19-13-6-4-11(5-7-13)15-9-18-10-20-15/h1-7,9-10,19,21H,8H2,(H,18,20). The third kappa shape index (κ3) is 2.86. The number of phenols is 1. The summed E-state index contributed by atoms with van der Waals surface area (Å²) in [6, 6.07) is 12.3. The first kappa shape index (κ1) is 13.2. The number of imidazole rings is 1. The van der Waals surface area contributed by atoms with Crippen LogP contribution in [0.25, 0.3) is 11.3 Å². The van der Waals surface area contributed by atoms with Gasteiger partial charge in [0.1, 0.15) is 0 Å². The minimum atomic E-state index is -0.608. The number of anilines is 1. The number of phenolic OH excluding ortho intramolecular Hbond substituents is 1. The van der Waals surface area contributed by atoms with Crippen molar-refractivity contribution in [3.8, 4) is 17.0 Å². The first-order valence-electron chi connectivity index (χ1n) is 6.53. The Hall–Kier alpha value is -2.82. The molecule has 5 heteroatoms. The van der Waals surface area contributed by atoms with E-state index in [2.05, 4.69) is 15.3 Å². The van der Waals surface area contributed by atoms with Crippen LogP contribution in [0.5, 0.6) is 5.75 Å². The van der Waals surface area contributed by atoms with Crippen LogP contribution in [0.15, 0.2) is 55.0 Å². The smallest absolute Gasteiger partial charge is 0.165 e. The lowest BCUT2D eigenvalue weighted by Gasteiger charge is -2.09. The van der Waals surface area contributed by atoms with Crippen LogP contribution in [0, 0.1) is 5.82 Å². The van der Waals surface area contributed by atoms with Crippen LogP contribution in [0.3, 0.4) is 0 Å². The molecule has 0 saturated carbocycles. The monoisotopic (exact) mass is 283 g/mol. The van der Waals surface area contributed by atoms with E-state index in [0.717, 1.165) is 16.9 Å². The molecule has 0 saturated heterocycles. The van der Waals surface area contributed by atoms with Crippen molar-refractivity contribution in [2.24, 2.45) is 0 Å². The Morgan fingerprint density at radius 3 is 2.67 bits per heavy atom. The average molecular weight is 283 g/mol. The molecule has 3 N–H and O–H groups in total. The molecule has 4 nitrogen and oxygen atoms in total. The summed E-state index contributed by atoms with van der Waals surface area (Å²) >= 11 is 0.